The Hall–Kier alpha value is -3.90. The van der Waals surface area contributed by atoms with Crippen molar-refractivity contribution >= 4 is 39.9 Å². The van der Waals surface area contributed by atoms with Gasteiger partial charge in [-0.1, -0.05) is 29.8 Å². The van der Waals surface area contributed by atoms with E-state index >= 15 is 0 Å². The van der Waals surface area contributed by atoms with E-state index in [1.54, 1.807) is 39.9 Å². The van der Waals surface area contributed by atoms with E-state index in [0.29, 0.717) is 30.1 Å². The fraction of sp³-hybridized carbons (Fsp3) is 0.148. The zero-order valence-electron chi connectivity index (χ0n) is 18.3. The molecule has 0 saturated carbocycles. The molecule has 34 heavy (non-hydrogen) atoms. The van der Waals surface area contributed by atoms with Gasteiger partial charge in [0.2, 0.25) is 5.91 Å². The van der Waals surface area contributed by atoms with E-state index in [1.807, 2.05) is 48.5 Å². The number of carbonyl (C=O) groups excluding carboxylic acids is 2. The third-order valence-electron chi connectivity index (χ3n) is 6.08. The van der Waals surface area contributed by atoms with Gasteiger partial charge in [0.15, 0.2) is 0 Å². The van der Waals surface area contributed by atoms with E-state index in [0.717, 1.165) is 22.1 Å². The Morgan fingerprint density at radius 2 is 1.65 bits per heavy atom. The highest BCUT2D eigenvalue weighted by Crippen LogP contribution is 2.26. The Balaban J connectivity index is 1.22. The number of carbonyl (C=O) groups is 2. The number of aromatic nitrogens is 1. The molecule has 1 unspecified atom stereocenters. The van der Waals surface area contributed by atoms with Crippen LogP contribution in [0.3, 0.4) is 0 Å². The molecule has 3 aromatic carbocycles. The van der Waals surface area contributed by atoms with Gasteiger partial charge >= 0.3 is 0 Å². The Morgan fingerprint density at radius 3 is 2.44 bits per heavy atom. The first-order valence-corrected chi connectivity index (χ1v) is 11.4. The van der Waals surface area contributed by atoms with Gasteiger partial charge in [-0.15, -0.1) is 0 Å². The van der Waals surface area contributed by atoms with Gasteiger partial charge in [0.05, 0.1) is 0 Å². The average Bonchev–Trinajstić information content (AvgIpc) is 3.23. The van der Waals surface area contributed by atoms with Crippen molar-refractivity contribution in [2.45, 2.75) is 6.42 Å². The summed E-state index contributed by atoms with van der Waals surface area (Å²) in [7, 11) is 0. The molecular formula is C27H22ClN3O3. The molecule has 1 saturated heterocycles. The van der Waals surface area contributed by atoms with Crippen molar-refractivity contribution in [1.82, 2.24) is 9.88 Å². The highest BCUT2D eigenvalue weighted by molar-refractivity contribution is 6.31. The zero-order chi connectivity index (χ0) is 23.7. The lowest BCUT2D eigenvalue weighted by Gasteiger charge is -2.18. The predicted octanol–water partition coefficient (Wildman–Crippen LogP) is 4.43. The number of nitrogens with zero attached hydrogens (tertiary/aromatic N) is 2. The molecule has 0 radical (unpaired) electrons. The van der Waals surface area contributed by atoms with Crippen LogP contribution in [0.2, 0.25) is 5.02 Å². The van der Waals surface area contributed by atoms with Crippen LogP contribution in [0.4, 0.5) is 5.69 Å². The molecule has 5 rings (SSSR count). The number of nitrogens with one attached hydrogen (secondary N) is 1. The van der Waals surface area contributed by atoms with E-state index < -0.39 is 0 Å². The van der Waals surface area contributed by atoms with Crippen LogP contribution in [0.1, 0.15) is 16.8 Å². The summed E-state index contributed by atoms with van der Waals surface area (Å²) in [4.78, 5) is 39.1. The second-order valence-corrected chi connectivity index (χ2v) is 8.85. The van der Waals surface area contributed by atoms with E-state index in [4.69, 9.17) is 11.6 Å². The summed E-state index contributed by atoms with van der Waals surface area (Å²) in [5.41, 5.74) is 1.98. The van der Waals surface area contributed by atoms with Gasteiger partial charge < -0.3 is 10.2 Å². The van der Waals surface area contributed by atoms with Gasteiger partial charge in [-0.25, -0.2) is 0 Å². The largest absolute Gasteiger partial charge is 0.352 e. The second kappa shape index (κ2) is 9.15. The molecule has 2 heterocycles. The van der Waals surface area contributed by atoms with E-state index in [2.05, 4.69) is 5.32 Å². The molecule has 7 heteroatoms. The summed E-state index contributed by atoms with van der Waals surface area (Å²) >= 11 is 6.03. The fourth-order valence-corrected chi connectivity index (χ4v) is 4.48. The summed E-state index contributed by atoms with van der Waals surface area (Å²) < 4.78 is 1.55. The van der Waals surface area contributed by atoms with E-state index in [1.165, 1.54) is 6.07 Å². The van der Waals surface area contributed by atoms with Gasteiger partial charge in [-0.05, 0) is 65.4 Å². The Morgan fingerprint density at radius 1 is 0.912 bits per heavy atom. The molecule has 1 aromatic heterocycles. The minimum Gasteiger partial charge on any atom is -0.352 e. The van der Waals surface area contributed by atoms with Gasteiger partial charge in [0.25, 0.3) is 11.5 Å². The summed E-state index contributed by atoms with van der Waals surface area (Å²) in [5, 5.41) is 5.54. The molecule has 0 aliphatic carbocycles. The minimum absolute atomic E-state index is 0.0199. The van der Waals surface area contributed by atoms with Crippen LogP contribution in [0, 0.1) is 5.92 Å². The molecule has 1 N–H and O–H groups in total. The first-order valence-electron chi connectivity index (χ1n) is 11.0. The number of rotatable bonds is 5. The number of halogens is 1. The molecule has 2 amide bonds. The Bertz CT molecular complexity index is 1450. The summed E-state index contributed by atoms with van der Waals surface area (Å²) in [6.07, 6.45) is 2.08. The van der Waals surface area contributed by atoms with Crippen molar-refractivity contribution in [2.24, 2.45) is 5.92 Å². The van der Waals surface area contributed by atoms with Crippen molar-refractivity contribution in [3.8, 4) is 5.69 Å². The lowest BCUT2D eigenvalue weighted by Crippen LogP contribution is -2.31. The van der Waals surface area contributed by atoms with Crippen LogP contribution < -0.4 is 15.8 Å². The average molecular weight is 472 g/mol. The third kappa shape index (κ3) is 4.45. The van der Waals surface area contributed by atoms with Crippen LogP contribution in [-0.2, 0) is 4.79 Å². The number of anilines is 1. The Labute approximate surface area is 201 Å². The highest BCUT2D eigenvalue weighted by Gasteiger charge is 2.30. The van der Waals surface area contributed by atoms with Crippen LogP contribution in [-0.4, -0.2) is 29.5 Å². The molecule has 170 valence electrons. The Kier molecular flexibility index (Phi) is 5.90. The standard InChI is InChI=1S/C27H22ClN3O3/c28-22-7-6-19-14-21(5-4-20(19)15-22)27(34)29-16-18-13-26(33)31(17-18)24-10-8-23(9-11-24)30-12-2-1-3-25(30)32/h1-12,14-15,18H,13,16-17H2,(H,29,34). The van der Waals surface area contributed by atoms with Crippen molar-refractivity contribution in [1.29, 1.82) is 0 Å². The van der Waals surface area contributed by atoms with Crippen molar-refractivity contribution in [3.63, 3.8) is 0 Å². The van der Waals surface area contributed by atoms with E-state index in [-0.39, 0.29) is 23.3 Å². The van der Waals surface area contributed by atoms with Gasteiger partial charge in [-0.2, -0.15) is 0 Å². The normalized spacial score (nSPS) is 15.6. The molecule has 1 atom stereocenters. The van der Waals surface area contributed by atoms with Crippen LogP contribution in [0.15, 0.2) is 89.9 Å². The van der Waals surface area contributed by atoms with Gasteiger partial charge in [0.1, 0.15) is 0 Å². The third-order valence-corrected chi connectivity index (χ3v) is 6.32. The molecule has 0 spiro atoms. The molecule has 4 aromatic rings. The maximum atomic E-state index is 12.7. The van der Waals surface area contributed by atoms with Crippen LogP contribution in [0.25, 0.3) is 16.5 Å². The zero-order valence-corrected chi connectivity index (χ0v) is 19.0. The topological polar surface area (TPSA) is 71.4 Å². The smallest absolute Gasteiger partial charge is 0.255 e. The summed E-state index contributed by atoms with van der Waals surface area (Å²) in [6, 6.07) is 23.4. The predicted molar refractivity (Wildman–Crippen MR) is 134 cm³/mol. The molecule has 1 aliphatic rings. The maximum absolute atomic E-state index is 12.7. The molecule has 6 nitrogen and oxygen atoms in total. The quantitative estimate of drug-likeness (QED) is 0.468. The summed E-state index contributed by atoms with van der Waals surface area (Å²) in [5.74, 6) is -0.126. The first-order chi connectivity index (χ1) is 16.5. The first kappa shape index (κ1) is 21.9. The lowest BCUT2D eigenvalue weighted by atomic mass is 10.1. The fourth-order valence-electron chi connectivity index (χ4n) is 4.30. The van der Waals surface area contributed by atoms with Gasteiger partial charge in [0, 0.05) is 59.7 Å². The van der Waals surface area contributed by atoms with Crippen molar-refractivity contribution in [2.75, 3.05) is 18.0 Å². The highest BCUT2D eigenvalue weighted by atomic mass is 35.5. The number of pyridine rings is 1. The van der Waals surface area contributed by atoms with Gasteiger partial charge in [-0.3, -0.25) is 19.0 Å². The number of amides is 2. The second-order valence-electron chi connectivity index (χ2n) is 8.42. The molecule has 0 bridgehead atoms. The van der Waals surface area contributed by atoms with Crippen molar-refractivity contribution in [3.05, 3.63) is 106 Å². The van der Waals surface area contributed by atoms with Crippen molar-refractivity contribution < 1.29 is 9.59 Å². The maximum Gasteiger partial charge on any atom is 0.255 e. The van der Waals surface area contributed by atoms with Crippen LogP contribution in [0.5, 0.6) is 0 Å². The number of hydrogen-bond acceptors (Lipinski definition) is 3. The number of hydrogen-bond donors (Lipinski definition) is 1. The molecule has 1 fully saturated rings. The number of fused-ring (bicyclic) bond motifs is 1. The molecule has 1 aliphatic heterocycles. The van der Waals surface area contributed by atoms with E-state index in [9.17, 15) is 14.4 Å². The number of benzene rings is 3. The minimum atomic E-state index is -0.166. The molecular weight excluding hydrogens is 450 g/mol. The monoisotopic (exact) mass is 471 g/mol. The lowest BCUT2D eigenvalue weighted by molar-refractivity contribution is -0.117. The SMILES string of the molecule is O=C(NCC1CC(=O)N(c2ccc(-n3ccccc3=O)cc2)C1)c1ccc2cc(Cl)ccc2c1. The van der Waals surface area contributed by atoms with Crippen LogP contribution >= 0.6 is 11.6 Å². The summed E-state index contributed by atoms with van der Waals surface area (Å²) in [6.45, 7) is 0.942.